The van der Waals surface area contributed by atoms with Crippen LogP contribution in [0.5, 0.6) is 0 Å². The summed E-state index contributed by atoms with van der Waals surface area (Å²) in [6, 6.07) is 0. The Bertz CT molecular complexity index is 244. The van der Waals surface area contributed by atoms with E-state index < -0.39 is 18.1 Å². The summed E-state index contributed by atoms with van der Waals surface area (Å²) in [5, 5.41) is 7.12. The lowest BCUT2D eigenvalue weighted by Crippen LogP contribution is -2.43. The lowest BCUT2D eigenvalue weighted by Gasteiger charge is -2.20. The van der Waals surface area contributed by atoms with E-state index in [4.69, 9.17) is 11.1 Å². The van der Waals surface area contributed by atoms with Gasteiger partial charge < -0.3 is 15.3 Å². The summed E-state index contributed by atoms with van der Waals surface area (Å²) in [6.07, 6.45) is -5.12. The second-order valence-electron chi connectivity index (χ2n) is 2.36. The second-order valence-corrected chi connectivity index (χ2v) is 2.36. The highest BCUT2D eigenvalue weighted by Gasteiger charge is 2.42. The molecule has 6 nitrogen and oxygen atoms in total. The minimum atomic E-state index is -5.12. The van der Waals surface area contributed by atoms with Crippen molar-refractivity contribution in [3.63, 3.8) is 0 Å². The van der Waals surface area contributed by atoms with E-state index in [1.165, 1.54) is 7.11 Å². The van der Waals surface area contributed by atoms with Gasteiger partial charge in [-0.1, -0.05) is 0 Å². The van der Waals surface area contributed by atoms with Gasteiger partial charge in [0.2, 0.25) is 5.96 Å². The molecule has 0 saturated carbocycles. The molecule has 88 valence electrons. The summed E-state index contributed by atoms with van der Waals surface area (Å²) in [4.78, 5) is 14.2. The lowest BCUT2D eigenvalue weighted by atomic mass is 10.6. The van der Waals surface area contributed by atoms with Gasteiger partial charge in [-0.05, 0) is 0 Å². The third-order valence-corrected chi connectivity index (χ3v) is 1.19. The summed E-state index contributed by atoms with van der Waals surface area (Å²) in [5.74, 6) is -3.25. The van der Waals surface area contributed by atoms with E-state index in [1.54, 1.807) is 0 Å². The molecule has 0 aliphatic heterocycles. The number of alkyl halides is 3. The Morgan fingerprint density at radius 3 is 2.40 bits per heavy atom. The van der Waals surface area contributed by atoms with Crippen LogP contribution in [0.4, 0.5) is 13.2 Å². The van der Waals surface area contributed by atoms with Crippen LogP contribution in [-0.2, 0) is 14.4 Å². The second kappa shape index (κ2) is 5.39. The first kappa shape index (κ1) is 13.5. The van der Waals surface area contributed by atoms with Crippen LogP contribution >= 0.6 is 0 Å². The molecule has 0 saturated heterocycles. The zero-order valence-corrected chi connectivity index (χ0v) is 7.80. The third kappa shape index (κ3) is 5.05. The molecule has 9 heteroatoms. The molecule has 0 amide bonds. The molecule has 3 N–H and O–H groups in total. The topological polar surface area (TPSA) is 88.6 Å². The van der Waals surface area contributed by atoms with Crippen molar-refractivity contribution in [3.8, 4) is 0 Å². The van der Waals surface area contributed by atoms with Crippen LogP contribution in [0.3, 0.4) is 0 Å². The summed E-state index contributed by atoms with van der Waals surface area (Å²) in [7, 11) is 1.30. The molecule has 0 aliphatic carbocycles. The van der Waals surface area contributed by atoms with Crippen molar-refractivity contribution in [3.05, 3.63) is 0 Å². The molecule has 0 aromatic rings. The number of hydrogen-bond acceptors (Lipinski definition) is 4. The minimum Gasteiger partial charge on any atom is -0.383 e. The number of methoxy groups -OCH3 is 1. The molecular weight excluding hydrogens is 219 g/mol. The number of nitrogens with one attached hydrogen (secondary N) is 1. The van der Waals surface area contributed by atoms with E-state index >= 15 is 0 Å². The van der Waals surface area contributed by atoms with E-state index in [-0.39, 0.29) is 13.2 Å². The summed E-state index contributed by atoms with van der Waals surface area (Å²) >= 11 is 0. The fourth-order valence-corrected chi connectivity index (χ4v) is 0.541. The first-order valence-corrected chi connectivity index (χ1v) is 3.68. The van der Waals surface area contributed by atoms with Crippen molar-refractivity contribution < 1.29 is 27.5 Å². The number of nitrogens with two attached hydrogens (primary N) is 1. The van der Waals surface area contributed by atoms with Crippen molar-refractivity contribution >= 4 is 11.9 Å². The van der Waals surface area contributed by atoms with Gasteiger partial charge in [0.15, 0.2) is 0 Å². The summed E-state index contributed by atoms with van der Waals surface area (Å²) < 4.78 is 39.8. The molecule has 0 unspecified atom stereocenters. The van der Waals surface area contributed by atoms with Gasteiger partial charge in [-0.15, -0.1) is 0 Å². The standard InChI is InChI=1S/C6H10F3N3O3/c1-14-3-2-12(5(10)11)15-4(13)6(7,8)9/h2-3H2,1H3,(H3,10,11). The predicted molar refractivity (Wildman–Crippen MR) is 42.6 cm³/mol. The number of halogens is 3. The van der Waals surface area contributed by atoms with Gasteiger partial charge in [0.1, 0.15) is 0 Å². The van der Waals surface area contributed by atoms with Gasteiger partial charge in [0.05, 0.1) is 13.2 Å². The van der Waals surface area contributed by atoms with Gasteiger partial charge in [-0.25, -0.2) is 4.79 Å². The summed E-state index contributed by atoms with van der Waals surface area (Å²) in [5.41, 5.74) is 4.88. The van der Waals surface area contributed by atoms with Crippen molar-refractivity contribution in [2.75, 3.05) is 20.3 Å². The maximum Gasteiger partial charge on any atom is 0.493 e. The van der Waals surface area contributed by atoms with Crippen molar-refractivity contribution in [2.24, 2.45) is 5.73 Å². The Hall–Kier alpha value is -1.51. The molecule has 0 radical (unpaired) electrons. The van der Waals surface area contributed by atoms with Gasteiger partial charge in [-0.3, -0.25) is 5.41 Å². The Morgan fingerprint density at radius 2 is 2.07 bits per heavy atom. The Labute approximate surface area is 83.2 Å². The van der Waals surface area contributed by atoms with Crippen molar-refractivity contribution in [1.82, 2.24) is 5.06 Å². The largest absolute Gasteiger partial charge is 0.493 e. The maximum atomic E-state index is 11.8. The molecule has 0 rings (SSSR count). The molecule has 15 heavy (non-hydrogen) atoms. The van der Waals surface area contributed by atoms with Crippen LogP contribution in [-0.4, -0.2) is 43.4 Å². The molecule has 0 spiro atoms. The van der Waals surface area contributed by atoms with Crippen LogP contribution in [0.25, 0.3) is 0 Å². The number of rotatable bonds is 3. The number of hydrogen-bond donors (Lipinski definition) is 2. The number of ether oxygens (including phenoxy) is 1. The average Bonchev–Trinajstić information content (AvgIpc) is 2.09. The van der Waals surface area contributed by atoms with Crippen molar-refractivity contribution in [2.45, 2.75) is 6.18 Å². The van der Waals surface area contributed by atoms with Gasteiger partial charge in [-0.2, -0.15) is 18.2 Å². The number of guanidine groups is 1. The number of carbonyl (C=O) groups is 1. The molecule has 0 heterocycles. The normalized spacial score (nSPS) is 10.9. The van der Waals surface area contributed by atoms with Crippen LogP contribution < -0.4 is 5.73 Å². The summed E-state index contributed by atoms with van der Waals surface area (Å²) in [6.45, 7) is -0.293. The predicted octanol–water partition coefficient (Wildman–Crippen LogP) is -0.151. The van der Waals surface area contributed by atoms with Crippen molar-refractivity contribution in [1.29, 1.82) is 5.41 Å². The first-order chi connectivity index (χ1) is 6.79. The van der Waals surface area contributed by atoms with Gasteiger partial charge >= 0.3 is 12.1 Å². The molecule has 0 bridgehead atoms. The van der Waals surface area contributed by atoms with Crippen LogP contribution in [0.2, 0.25) is 0 Å². The Morgan fingerprint density at radius 1 is 1.53 bits per heavy atom. The third-order valence-electron chi connectivity index (χ3n) is 1.19. The highest BCUT2D eigenvalue weighted by molar-refractivity contribution is 5.79. The van der Waals surface area contributed by atoms with Crippen LogP contribution in [0, 0.1) is 5.41 Å². The number of carbonyl (C=O) groups excluding carboxylic acids is 1. The maximum absolute atomic E-state index is 11.8. The van der Waals surface area contributed by atoms with E-state index in [1.807, 2.05) is 0 Å². The number of nitrogens with zero attached hydrogens (tertiary/aromatic N) is 1. The fourth-order valence-electron chi connectivity index (χ4n) is 0.541. The van der Waals surface area contributed by atoms with Gasteiger partial charge in [0, 0.05) is 7.11 Å². The molecule has 0 atom stereocenters. The molecule has 0 aliphatic rings. The zero-order chi connectivity index (χ0) is 12.1. The van der Waals surface area contributed by atoms with Crippen LogP contribution in [0.1, 0.15) is 0 Å². The lowest BCUT2D eigenvalue weighted by molar-refractivity contribution is -0.226. The Kier molecular flexibility index (Phi) is 4.85. The zero-order valence-electron chi connectivity index (χ0n) is 7.80. The smallest absolute Gasteiger partial charge is 0.383 e. The monoisotopic (exact) mass is 229 g/mol. The number of hydroxylamine groups is 2. The van der Waals surface area contributed by atoms with Crippen LogP contribution in [0.15, 0.2) is 0 Å². The highest BCUT2D eigenvalue weighted by Crippen LogP contribution is 2.17. The fraction of sp³-hybridized carbons (Fsp3) is 0.667. The first-order valence-electron chi connectivity index (χ1n) is 3.68. The van der Waals surface area contributed by atoms with E-state index in [2.05, 4.69) is 9.57 Å². The van der Waals surface area contributed by atoms with E-state index in [0.29, 0.717) is 5.06 Å². The molecule has 0 aromatic carbocycles. The quantitative estimate of drug-likeness (QED) is 0.399. The molecular formula is C6H10F3N3O3. The molecule has 0 aromatic heterocycles. The van der Waals surface area contributed by atoms with Gasteiger partial charge in [0.25, 0.3) is 0 Å². The molecule has 0 fully saturated rings. The Balaban J connectivity index is 4.29. The highest BCUT2D eigenvalue weighted by atomic mass is 19.4. The average molecular weight is 229 g/mol. The SMILES string of the molecule is COCCN(OC(=O)C(F)(F)F)C(=N)N. The minimum absolute atomic E-state index is 0.0370. The van der Waals surface area contributed by atoms with E-state index in [9.17, 15) is 18.0 Å². The van der Waals surface area contributed by atoms with E-state index in [0.717, 1.165) is 0 Å².